The maximum absolute atomic E-state index is 10.8. The van der Waals surface area contributed by atoms with Gasteiger partial charge >= 0.3 is 6.09 Å². The second-order valence-corrected chi connectivity index (χ2v) is 6.19. The molecule has 0 radical (unpaired) electrons. The normalized spacial score (nSPS) is 12.7. The number of carbonyl (C=O) groups is 1. The highest BCUT2D eigenvalue weighted by Crippen LogP contribution is 2.28. The molecule has 0 saturated carbocycles. The number of amides is 1. The van der Waals surface area contributed by atoms with Crippen molar-refractivity contribution in [2.24, 2.45) is 0 Å². The molecule has 0 saturated heterocycles. The van der Waals surface area contributed by atoms with E-state index in [0.717, 1.165) is 15.8 Å². The summed E-state index contributed by atoms with van der Waals surface area (Å²) in [5.41, 5.74) is 1.80. The van der Waals surface area contributed by atoms with Crippen molar-refractivity contribution in [2.45, 2.75) is 39.6 Å². The van der Waals surface area contributed by atoms with Gasteiger partial charge in [0.05, 0.1) is 16.3 Å². The Morgan fingerprint density at radius 1 is 1.33 bits per heavy atom. The van der Waals surface area contributed by atoms with Crippen LogP contribution in [0.1, 0.15) is 26.3 Å². The van der Waals surface area contributed by atoms with Crippen LogP contribution < -0.4 is 10.6 Å². The van der Waals surface area contributed by atoms with Crippen molar-refractivity contribution in [1.29, 1.82) is 0 Å². The van der Waals surface area contributed by atoms with E-state index in [9.17, 15) is 4.79 Å². The third kappa shape index (κ3) is 4.88. The van der Waals surface area contributed by atoms with Crippen molar-refractivity contribution in [3.63, 3.8) is 0 Å². The average Bonchev–Trinajstić information content (AvgIpc) is 2.94. The van der Waals surface area contributed by atoms with Gasteiger partial charge in [-0.15, -0.1) is 0 Å². The first-order chi connectivity index (χ1) is 11.5. The zero-order valence-corrected chi connectivity index (χ0v) is 14.9. The van der Waals surface area contributed by atoms with Gasteiger partial charge in [-0.05, 0) is 32.4 Å². The Kier molecular flexibility index (Phi) is 6.92. The van der Waals surface area contributed by atoms with Gasteiger partial charge in [-0.1, -0.05) is 23.5 Å². The molecule has 1 unspecified atom stereocenters. The van der Waals surface area contributed by atoms with Crippen LogP contribution in [-0.4, -0.2) is 41.7 Å². The van der Waals surface area contributed by atoms with Crippen molar-refractivity contribution >= 4 is 32.8 Å². The van der Waals surface area contributed by atoms with Crippen LogP contribution in [0.25, 0.3) is 10.2 Å². The molecule has 1 amide bonds. The van der Waals surface area contributed by atoms with Crippen LogP contribution in [0.5, 0.6) is 0 Å². The molecular formula is C16H23N3O4S. The van der Waals surface area contributed by atoms with E-state index in [2.05, 4.69) is 15.6 Å². The molecule has 0 aliphatic rings. The van der Waals surface area contributed by atoms with Crippen LogP contribution in [-0.2, 0) is 16.0 Å². The van der Waals surface area contributed by atoms with Crippen molar-refractivity contribution in [3.8, 4) is 0 Å². The summed E-state index contributed by atoms with van der Waals surface area (Å²) in [6.45, 7) is 7.64. The van der Waals surface area contributed by atoms with Crippen LogP contribution in [0.2, 0.25) is 0 Å². The number of carboxylic acid groups (broad SMARTS) is 1. The highest BCUT2D eigenvalue weighted by atomic mass is 32.1. The molecule has 1 aromatic carbocycles. The number of ether oxygens (including phenoxy) is 2. The first kappa shape index (κ1) is 18.6. The lowest BCUT2D eigenvalue weighted by molar-refractivity contribution is -0.151. The van der Waals surface area contributed by atoms with Gasteiger partial charge in [0, 0.05) is 19.8 Å². The Balaban J connectivity index is 2.08. The number of nitrogens with one attached hydrogen (secondary N) is 2. The van der Waals surface area contributed by atoms with Gasteiger partial charge in [-0.2, -0.15) is 0 Å². The molecule has 24 heavy (non-hydrogen) atoms. The Hall–Kier alpha value is -1.74. The zero-order valence-electron chi connectivity index (χ0n) is 14.0. The minimum absolute atomic E-state index is 0.00964. The number of anilines is 1. The maximum Gasteiger partial charge on any atom is 0.410 e. The molecule has 2 aromatic rings. The van der Waals surface area contributed by atoms with E-state index >= 15 is 0 Å². The molecule has 0 aliphatic carbocycles. The lowest BCUT2D eigenvalue weighted by atomic mass is 10.2. The van der Waals surface area contributed by atoms with E-state index in [1.54, 1.807) is 0 Å². The molecule has 3 N–H and O–H groups in total. The Labute approximate surface area is 145 Å². The highest BCUT2D eigenvalue weighted by molar-refractivity contribution is 7.22. The molecule has 8 heteroatoms. The fourth-order valence-corrected chi connectivity index (χ4v) is 3.23. The molecule has 0 aliphatic heterocycles. The predicted molar refractivity (Wildman–Crippen MR) is 94.6 cm³/mol. The second kappa shape index (κ2) is 8.93. The van der Waals surface area contributed by atoms with Crippen molar-refractivity contribution in [1.82, 2.24) is 10.3 Å². The number of hydrogen-bond donors (Lipinski definition) is 3. The number of benzene rings is 1. The van der Waals surface area contributed by atoms with Gasteiger partial charge in [0.2, 0.25) is 0 Å². The zero-order chi connectivity index (χ0) is 17.5. The summed E-state index contributed by atoms with van der Waals surface area (Å²) in [6, 6.07) is 5.85. The first-order valence-corrected chi connectivity index (χ1v) is 8.71. The summed E-state index contributed by atoms with van der Waals surface area (Å²) in [5.74, 6) is 0. The standard InChI is InChI=1S/C16H23N3O4S/c1-4-22-14(23-5-2)10(3)17-9-11-7-6-8-12-13(11)18-15(24-12)19-16(20)21/h6-8,10,14,17H,4-5,9H2,1-3H3,(H,18,19)(H,20,21). The van der Waals surface area contributed by atoms with Crippen LogP contribution in [0.4, 0.5) is 9.93 Å². The monoisotopic (exact) mass is 353 g/mol. The van der Waals surface area contributed by atoms with Gasteiger partial charge < -0.3 is 19.9 Å². The fourth-order valence-electron chi connectivity index (χ4n) is 2.33. The number of nitrogens with zero attached hydrogens (tertiary/aromatic N) is 1. The van der Waals surface area contributed by atoms with Crippen LogP contribution in [0.15, 0.2) is 18.2 Å². The summed E-state index contributed by atoms with van der Waals surface area (Å²) in [5, 5.41) is 14.9. The van der Waals surface area contributed by atoms with Gasteiger partial charge in [-0.25, -0.2) is 9.78 Å². The summed E-state index contributed by atoms with van der Waals surface area (Å²) in [6.07, 6.45) is -1.42. The Morgan fingerprint density at radius 2 is 2.04 bits per heavy atom. The molecule has 7 nitrogen and oxygen atoms in total. The SMILES string of the molecule is CCOC(OCC)C(C)NCc1cccc2sc(NC(=O)O)nc12. The van der Waals surface area contributed by atoms with E-state index < -0.39 is 6.09 Å². The number of fused-ring (bicyclic) bond motifs is 1. The van der Waals surface area contributed by atoms with Crippen LogP contribution >= 0.6 is 11.3 Å². The molecule has 0 spiro atoms. The number of para-hydroxylation sites is 1. The predicted octanol–water partition coefficient (Wildman–Crippen LogP) is 3.26. The Bertz CT molecular complexity index is 670. The molecule has 1 aromatic heterocycles. The van der Waals surface area contributed by atoms with Gasteiger partial charge in [0.1, 0.15) is 0 Å². The molecule has 2 rings (SSSR count). The quantitative estimate of drug-likeness (QED) is 0.599. The maximum atomic E-state index is 10.8. The third-order valence-corrected chi connectivity index (χ3v) is 4.34. The lowest BCUT2D eigenvalue weighted by Gasteiger charge is -2.24. The minimum Gasteiger partial charge on any atom is -0.465 e. The van der Waals surface area contributed by atoms with Gasteiger partial charge in [0.25, 0.3) is 0 Å². The van der Waals surface area contributed by atoms with Crippen LogP contribution in [0, 0.1) is 0 Å². The topological polar surface area (TPSA) is 92.7 Å². The van der Waals surface area contributed by atoms with Crippen molar-refractivity contribution in [2.75, 3.05) is 18.5 Å². The van der Waals surface area contributed by atoms with E-state index in [4.69, 9.17) is 14.6 Å². The third-order valence-electron chi connectivity index (χ3n) is 3.40. The smallest absolute Gasteiger partial charge is 0.410 e. The molecule has 132 valence electrons. The fraction of sp³-hybridized carbons (Fsp3) is 0.500. The number of rotatable bonds is 9. The van der Waals surface area contributed by atoms with E-state index in [-0.39, 0.29) is 12.3 Å². The number of thiazole rings is 1. The van der Waals surface area contributed by atoms with E-state index in [1.807, 2.05) is 39.0 Å². The van der Waals surface area contributed by atoms with Gasteiger partial charge in [0.15, 0.2) is 11.4 Å². The first-order valence-electron chi connectivity index (χ1n) is 7.90. The minimum atomic E-state index is -1.11. The number of aromatic nitrogens is 1. The number of hydrogen-bond acceptors (Lipinski definition) is 6. The molecule has 1 atom stereocenters. The van der Waals surface area contributed by atoms with Crippen molar-refractivity contribution in [3.05, 3.63) is 23.8 Å². The van der Waals surface area contributed by atoms with Crippen molar-refractivity contribution < 1.29 is 19.4 Å². The summed E-state index contributed by atoms with van der Waals surface area (Å²) < 4.78 is 12.1. The van der Waals surface area contributed by atoms with Crippen LogP contribution in [0.3, 0.4) is 0 Å². The summed E-state index contributed by atoms with van der Waals surface area (Å²) in [4.78, 5) is 15.1. The highest BCUT2D eigenvalue weighted by Gasteiger charge is 2.18. The Morgan fingerprint density at radius 3 is 2.67 bits per heavy atom. The lowest BCUT2D eigenvalue weighted by Crippen LogP contribution is -2.40. The van der Waals surface area contributed by atoms with E-state index in [0.29, 0.717) is 24.9 Å². The summed E-state index contributed by atoms with van der Waals surface area (Å²) in [7, 11) is 0. The van der Waals surface area contributed by atoms with Gasteiger partial charge in [-0.3, -0.25) is 5.32 Å². The molecule has 1 heterocycles. The molecule has 0 fully saturated rings. The molecular weight excluding hydrogens is 330 g/mol. The van der Waals surface area contributed by atoms with E-state index in [1.165, 1.54) is 11.3 Å². The molecule has 0 bridgehead atoms. The summed E-state index contributed by atoms with van der Waals surface area (Å²) >= 11 is 1.32. The average molecular weight is 353 g/mol. The largest absolute Gasteiger partial charge is 0.465 e. The second-order valence-electron chi connectivity index (χ2n) is 5.16.